The Kier molecular flexibility index (Phi) is 12.2. The van der Waals surface area contributed by atoms with Crippen molar-refractivity contribution in [2.45, 2.75) is 76.2 Å². The third-order valence-electron chi connectivity index (χ3n) is 3.94. The van der Waals surface area contributed by atoms with E-state index >= 15 is 0 Å². The Bertz CT molecular complexity index is 234. The van der Waals surface area contributed by atoms with Crippen molar-refractivity contribution in [3.8, 4) is 12.3 Å². The van der Waals surface area contributed by atoms with E-state index in [4.69, 9.17) is 6.42 Å². The molecule has 2 heteroatoms. The lowest BCUT2D eigenvalue weighted by molar-refractivity contribution is -0.928. The summed E-state index contributed by atoms with van der Waals surface area (Å²) in [6.45, 7) is 10.3. The number of unbranched alkanes of at least 4 members (excludes halogenated alkanes) is 4. The first-order chi connectivity index (χ1) is 9.16. The Morgan fingerprint density at radius 2 is 1.47 bits per heavy atom. The molecule has 0 aromatic rings. The average molecular weight is 378 g/mol. The van der Waals surface area contributed by atoms with Crippen LogP contribution in [-0.4, -0.2) is 28.2 Å². The minimum absolute atomic E-state index is 0.687. The zero-order chi connectivity index (χ0) is 14.6. The molecular formula is C17H33IN+. The highest BCUT2D eigenvalue weighted by atomic mass is 127. The maximum atomic E-state index is 5.69. The maximum absolute atomic E-state index is 5.69. The van der Waals surface area contributed by atoms with Crippen LogP contribution in [0.15, 0.2) is 0 Å². The Hall–Kier alpha value is 0.250. The second-order valence-electron chi connectivity index (χ2n) is 5.67. The van der Waals surface area contributed by atoms with Crippen LogP contribution in [0.2, 0.25) is 0 Å². The van der Waals surface area contributed by atoms with Crippen molar-refractivity contribution in [1.29, 1.82) is 0 Å². The van der Waals surface area contributed by atoms with Crippen molar-refractivity contribution in [1.82, 2.24) is 0 Å². The molecule has 0 spiro atoms. The Morgan fingerprint density at radius 1 is 0.947 bits per heavy atom. The molecule has 0 aromatic carbocycles. The normalized spacial score (nSPS) is 13.2. The van der Waals surface area contributed by atoms with Crippen LogP contribution in [-0.2, 0) is 0 Å². The second-order valence-corrected chi connectivity index (χ2v) is 7.10. The van der Waals surface area contributed by atoms with Gasteiger partial charge in [-0.25, -0.2) is 0 Å². The standard InChI is InChI=1S/C17H33IN/c1-5-9-11-15-19(14-8-4,16-12-10-6-2)17(18)13-7-3/h4,17H,5-7,9-16H2,1-3H3/q+1. The van der Waals surface area contributed by atoms with Gasteiger partial charge in [0.15, 0.2) is 0 Å². The van der Waals surface area contributed by atoms with Gasteiger partial charge in [0, 0.05) is 6.42 Å². The van der Waals surface area contributed by atoms with Gasteiger partial charge in [-0.05, 0) is 60.6 Å². The summed E-state index contributed by atoms with van der Waals surface area (Å²) in [4.78, 5) is 0. The molecule has 0 aliphatic rings. The zero-order valence-corrected chi connectivity index (χ0v) is 15.4. The molecule has 0 heterocycles. The van der Waals surface area contributed by atoms with E-state index in [1.165, 1.54) is 64.5 Å². The summed E-state index contributed by atoms with van der Waals surface area (Å²) in [5.74, 6) is 2.97. The number of nitrogens with zero attached hydrogens (tertiary/aromatic N) is 1. The molecule has 0 rings (SSSR count). The number of rotatable bonds is 12. The molecule has 0 aromatic heterocycles. The third kappa shape index (κ3) is 7.56. The predicted octanol–water partition coefficient (Wildman–Crippen LogP) is 5.38. The molecule has 112 valence electrons. The van der Waals surface area contributed by atoms with Gasteiger partial charge in [-0.2, -0.15) is 0 Å². The van der Waals surface area contributed by atoms with Crippen LogP contribution in [0.3, 0.4) is 0 Å². The first-order valence-corrected chi connectivity index (χ1v) is 9.34. The van der Waals surface area contributed by atoms with E-state index in [0.717, 1.165) is 11.0 Å². The van der Waals surface area contributed by atoms with Crippen LogP contribution in [0.5, 0.6) is 0 Å². The van der Waals surface area contributed by atoms with Gasteiger partial charge in [-0.15, -0.1) is 6.42 Å². The SMILES string of the molecule is C#CC[N+](CCCCC)(CCCCC)C(I)CCC. The van der Waals surface area contributed by atoms with Crippen LogP contribution >= 0.6 is 22.6 Å². The van der Waals surface area contributed by atoms with Crippen molar-refractivity contribution in [2.24, 2.45) is 0 Å². The fraction of sp³-hybridized carbons (Fsp3) is 0.882. The topological polar surface area (TPSA) is 0 Å². The molecule has 0 bridgehead atoms. The summed E-state index contributed by atoms with van der Waals surface area (Å²) in [7, 11) is 0. The van der Waals surface area contributed by atoms with E-state index in [-0.39, 0.29) is 0 Å². The highest BCUT2D eigenvalue weighted by Gasteiger charge is 2.32. The molecule has 1 atom stereocenters. The van der Waals surface area contributed by atoms with Crippen molar-refractivity contribution >= 4 is 22.6 Å². The van der Waals surface area contributed by atoms with E-state index in [1.54, 1.807) is 0 Å². The summed E-state index contributed by atoms with van der Waals surface area (Å²) in [5.41, 5.74) is 0. The predicted molar refractivity (Wildman–Crippen MR) is 95.5 cm³/mol. The summed E-state index contributed by atoms with van der Waals surface area (Å²) in [6.07, 6.45) is 16.2. The second kappa shape index (κ2) is 12.0. The fourth-order valence-corrected chi connectivity index (χ4v) is 4.07. The molecule has 0 aliphatic carbocycles. The molecule has 0 saturated carbocycles. The Labute approximate surface area is 135 Å². The molecule has 0 aliphatic heterocycles. The van der Waals surface area contributed by atoms with Crippen LogP contribution in [0, 0.1) is 12.3 Å². The molecule has 1 unspecified atom stereocenters. The van der Waals surface area contributed by atoms with Crippen LogP contribution in [0.1, 0.15) is 72.1 Å². The maximum Gasteiger partial charge on any atom is 0.141 e. The minimum Gasteiger partial charge on any atom is -0.303 e. The minimum atomic E-state index is 0.687. The highest BCUT2D eigenvalue weighted by molar-refractivity contribution is 14.1. The molecular weight excluding hydrogens is 345 g/mol. The van der Waals surface area contributed by atoms with Gasteiger partial charge in [0.1, 0.15) is 10.6 Å². The van der Waals surface area contributed by atoms with Crippen molar-refractivity contribution < 1.29 is 4.48 Å². The first kappa shape index (κ1) is 19.2. The number of hydrogen-bond acceptors (Lipinski definition) is 0. The van der Waals surface area contributed by atoms with E-state index in [9.17, 15) is 0 Å². The smallest absolute Gasteiger partial charge is 0.141 e. The quantitative estimate of drug-likeness (QED) is 0.107. The largest absolute Gasteiger partial charge is 0.303 e. The van der Waals surface area contributed by atoms with Gasteiger partial charge >= 0.3 is 0 Å². The number of hydrogen-bond donors (Lipinski definition) is 0. The van der Waals surface area contributed by atoms with E-state index in [0.29, 0.717) is 4.05 Å². The van der Waals surface area contributed by atoms with Crippen LogP contribution in [0.25, 0.3) is 0 Å². The van der Waals surface area contributed by atoms with E-state index in [1.807, 2.05) is 0 Å². The zero-order valence-electron chi connectivity index (χ0n) is 13.3. The summed E-state index contributed by atoms with van der Waals surface area (Å²) >= 11 is 2.66. The number of quaternary nitrogens is 1. The number of halogens is 1. The van der Waals surface area contributed by atoms with Gasteiger partial charge in [-0.1, -0.05) is 33.6 Å². The highest BCUT2D eigenvalue weighted by Crippen LogP contribution is 2.26. The summed E-state index contributed by atoms with van der Waals surface area (Å²) in [5, 5.41) is 0. The molecule has 0 saturated heterocycles. The van der Waals surface area contributed by atoms with Gasteiger partial charge in [-0.3, -0.25) is 0 Å². The molecule has 0 amide bonds. The van der Waals surface area contributed by atoms with Gasteiger partial charge in [0.2, 0.25) is 0 Å². The summed E-state index contributed by atoms with van der Waals surface area (Å²) < 4.78 is 1.85. The summed E-state index contributed by atoms with van der Waals surface area (Å²) in [6, 6.07) is 0. The molecule has 19 heavy (non-hydrogen) atoms. The van der Waals surface area contributed by atoms with E-state index < -0.39 is 0 Å². The van der Waals surface area contributed by atoms with Crippen LogP contribution in [0.4, 0.5) is 0 Å². The monoisotopic (exact) mass is 378 g/mol. The van der Waals surface area contributed by atoms with Crippen molar-refractivity contribution in [3.63, 3.8) is 0 Å². The van der Waals surface area contributed by atoms with Gasteiger partial charge < -0.3 is 4.48 Å². The average Bonchev–Trinajstić information content (AvgIpc) is 2.39. The lowest BCUT2D eigenvalue weighted by Gasteiger charge is -2.41. The Morgan fingerprint density at radius 3 is 1.84 bits per heavy atom. The van der Waals surface area contributed by atoms with Crippen molar-refractivity contribution in [2.75, 3.05) is 19.6 Å². The fourth-order valence-electron chi connectivity index (χ4n) is 2.70. The number of terminal acetylenes is 1. The van der Waals surface area contributed by atoms with E-state index in [2.05, 4.69) is 49.3 Å². The Balaban J connectivity index is 4.71. The lowest BCUT2D eigenvalue weighted by Crippen LogP contribution is -2.54. The molecule has 0 fully saturated rings. The van der Waals surface area contributed by atoms with Crippen molar-refractivity contribution in [3.05, 3.63) is 0 Å². The van der Waals surface area contributed by atoms with Crippen LogP contribution < -0.4 is 0 Å². The lowest BCUT2D eigenvalue weighted by atomic mass is 10.1. The first-order valence-electron chi connectivity index (χ1n) is 8.10. The van der Waals surface area contributed by atoms with Gasteiger partial charge in [0.05, 0.1) is 13.1 Å². The van der Waals surface area contributed by atoms with Gasteiger partial charge in [0.25, 0.3) is 0 Å². The molecule has 1 nitrogen and oxygen atoms in total. The molecule has 0 N–H and O–H groups in total. The number of alkyl halides is 1. The third-order valence-corrected chi connectivity index (χ3v) is 5.75. The molecule has 0 radical (unpaired) electrons.